The van der Waals surface area contributed by atoms with Crippen molar-refractivity contribution in [3.63, 3.8) is 0 Å². The molecule has 27 heavy (non-hydrogen) atoms. The number of carbonyl (C=O) groups excluding carboxylic acids is 1. The Morgan fingerprint density at radius 1 is 1.04 bits per heavy atom. The summed E-state index contributed by atoms with van der Waals surface area (Å²) in [5, 5.41) is 13.4. The number of benzene rings is 2. The smallest absolute Gasteiger partial charge is 0.269 e. The number of rotatable bonds is 5. The van der Waals surface area contributed by atoms with Gasteiger partial charge in [0.15, 0.2) is 0 Å². The van der Waals surface area contributed by atoms with Crippen LogP contribution in [0.25, 0.3) is 0 Å². The minimum absolute atomic E-state index is 0.0487. The van der Waals surface area contributed by atoms with Gasteiger partial charge in [0.1, 0.15) is 0 Å². The maximum Gasteiger partial charge on any atom is 0.269 e. The summed E-state index contributed by atoms with van der Waals surface area (Å²) in [5.74, 6) is -0.511. The third-order valence-electron chi connectivity index (χ3n) is 4.55. The molecule has 1 saturated heterocycles. The summed E-state index contributed by atoms with van der Waals surface area (Å²) in [7, 11) is -3.55. The van der Waals surface area contributed by atoms with Gasteiger partial charge in [-0.2, -0.15) is 4.31 Å². The van der Waals surface area contributed by atoms with E-state index in [0.29, 0.717) is 18.5 Å². The molecule has 0 unspecified atom stereocenters. The average Bonchev–Trinajstić information content (AvgIpc) is 2.69. The maximum atomic E-state index is 12.6. The number of nitrogens with zero attached hydrogens (tertiary/aromatic N) is 2. The second kappa shape index (κ2) is 7.85. The van der Waals surface area contributed by atoms with Gasteiger partial charge < -0.3 is 5.32 Å². The fourth-order valence-corrected chi connectivity index (χ4v) is 4.50. The minimum Gasteiger partial charge on any atom is -0.326 e. The first-order chi connectivity index (χ1) is 12.9. The number of hydrogen-bond donors (Lipinski definition) is 1. The van der Waals surface area contributed by atoms with Gasteiger partial charge in [0.25, 0.3) is 5.69 Å². The van der Waals surface area contributed by atoms with Gasteiger partial charge in [-0.05, 0) is 37.1 Å². The minimum atomic E-state index is -3.55. The van der Waals surface area contributed by atoms with Crippen LogP contribution in [-0.2, 0) is 14.8 Å². The molecule has 0 saturated carbocycles. The molecule has 0 radical (unpaired) electrons. The maximum absolute atomic E-state index is 12.6. The Bertz CT molecular complexity index is 921. The molecule has 1 amide bonds. The van der Waals surface area contributed by atoms with Gasteiger partial charge in [-0.25, -0.2) is 8.42 Å². The predicted molar refractivity (Wildman–Crippen MR) is 99.7 cm³/mol. The van der Waals surface area contributed by atoms with Crippen LogP contribution in [0.5, 0.6) is 0 Å². The van der Waals surface area contributed by atoms with E-state index in [1.165, 1.54) is 28.6 Å². The summed E-state index contributed by atoms with van der Waals surface area (Å²) in [4.78, 5) is 22.8. The van der Waals surface area contributed by atoms with E-state index in [-0.39, 0.29) is 35.5 Å². The second-order valence-electron chi connectivity index (χ2n) is 6.28. The number of hydrogen-bond acceptors (Lipinski definition) is 5. The highest BCUT2D eigenvalue weighted by Crippen LogP contribution is 2.25. The first-order valence-electron chi connectivity index (χ1n) is 8.48. The SMILES string of the molecule is O=C(Nc1ccc([N+](=O)[O-])cc1)C1CCN(S(=O)(=O)c2ccccc2)CC1. The van der Waals surface area contributed by atoms with Crippen molar-refractivity contribution in [1.29, 1.82) is 0 Å². The van der Waals surface area contributed by atoms with Crippen LogP contribution < -0.4 is 5.32 Å². The first kappa shape index (κ1) is 19.0. The number of sulfonamides is 1. The predicted octanol–water partition coefficient (Wildman–Crippen LogP) is 2.63. The largest absolute Gasteiger partial charge is 0.326 e. The zero-order valence-corrected chi connectivity index (χ0v) is 15.3. The third-order valence-corrected chi connectivity index (χ3v) is 6.46. The van der Waals surface area contributed by atoms with E-state index < -0.39 is 14.9 Å². The average molecular weight is 389 g/mol. The molecule has 1 fully saturated rings. The molecule has 1 N–H and O–H groups in total. The summed E-state index contributed by atoms with van der Waals surface area (Å²) in [5.41, 5.74) is 0.428. The standard InChI is InChI=1S/C18H19N3O5S/c22-18(19-15-6-8-16(9-7-15)21(23)24)14-10-12-20(13-11-14)27(25,26)17-4-2-1-3-5-17/h1-9,14H,10-13H2,(H,19,22). The number of carbonyl (C=O) groups is 1. The van der Waals surface area contributed by atoms with Crippen molar-refractivity contribution in [2.45, 2.75) is 17.7 Å². The molecule has 1 heterocycles. The van der Waals surface area contributed by atoms with Crippen molar-refractivity contribution >= 4 is 27.3 Å². The number of piperidine rings is 1. The van der Waals surface area contributed by atoms with Crippen molar-refractivity contribution in [3.05, 3.63) is 64.7 Å². The number of anilines is 1. The van der Waals surface area contributed by atoms with E-state index in [4.69, 9.17) is 0 Å². The molecule has 1 aliphatic rings. The molecule has 1 aliphatic heterocycles. The van der Waals surface area contributed by atoms with Gasteiger partial charge in [-0.1, -0.05) is 18.2 Å². The lowest BCUT2D eigenvalue weighted by Crippen LogP contribution is -2.41. The molecule has 8 nitrogen and oxygen atoms in total. The van der Waals surface area contributed by atoms with E-state index in [1.807, 2.05) is 0 Å². The molecule has 142 valence electrons. The van der Waals surface area contributed by atoms with E-state index in [9.17, 15) is 23.3 Å². The van der Waals surface area contributed by atoms with Gasteiger partial charge >= 0.3 is 0 Å². The van der Waals surface area contributed by atoms with E-state index >= 15 is 0 Å². The highest BCUT2D eigenvalue weighted by atomic mass is 32.2. The summed E-state index contributed by atoms with van der Waals surface area (Å²) in [6, 6.07) is 13.8. The van der Waals surface area contributed by atoms with Gasteiger partial charge in [0, 0.05) is 36.8 Å². The van der Waals surface area contributed by atoms with Crippen molar-refractivity contribution in [2.24, 2.45) is 5.92 Å². The summed E-state index contributed by atoms with van der Waals surface area (Å²) >= 11 is 0. The van der Waals surface area contributed by atoms with Gasteiger partial charge in [-0.3, -0.25) is 14.9 Å². The van der Waals surface area contributed by atoms with Crippen molar-refractivity contribution in [2.75, 3.05) is 18.4 Å². The second-order valence-corrected chi connectivity index (χ2v) is 8.22. The molecule has 0 aromatic heterocycles. The number of nitrogens with one attached hydrogen (secondary N) is 1. The lowest BCUT2D eigenvalue weighted by molar-refractivity contribution is -0.384. The number of amides is 1. The zero-order chi connectivity index (χ0) is 19.4. The topological polar surface area (TPSA) is 110 Å². The van der Waals surface area contributed by atoms with Crippen molar-refractivity contribution < 1.29 is 18.1 Å². The van der Waals surface area contributed by atoms with Crippen LogP contribution in [0, 0.1) is 16.0 Å². The fraction of sp³-hybridized carbons (Fsp3) is 0.278. The van der Waals surface area contributed by atoms with Crippen LogP contribution in [0.1, 0.15) is 12.8 Å². The van der Waals surface area contributed by atoms with Crippen LogP contribution in [0.3, 0.4) is 0 Å². The lowest BCUT2D eigenvalue weighted by atomic mass is 9.97. The first-order valence-corrected chi connectivity index (χ1v) is 9.92. The fourth-order valence-electron chi connectivity index (χ4n) is 3.01. The van der Waals surface area contributed by atoms with Crippen LogP contribution in [0.2, 0.25) is 0 Å². The van der Waals surface area contributed by atoms with Crippen LogP contribution in [0.15, 0.2) is 59.5 Å². The van der Waals surface area contributed by atoms with Crippen LogP contribution >= 0.6 is 0 Å². The molecule has 0 bridgehead atoms. The van der Waals surface area contributed by atoms with E-state index in [1.54, 1.807) is 30.3 Å². The molecule has 0 atom stereocenters. The Kier molecular flexibility index (Phi) is 5.52. The number of nitro groups is 1. The summed E-state index contributed by atoms with van der Waals surface area (Å²) < 4.78 is 26.6. The quantitative estimate of drug-likeness (QED) is 0.624. The molecule has 2 aromatic carbocycles. The van der Waals surface area contributed by atoms with Crippen molar-refractivity contribution in [3.8, 4) is 0 Å². The van der Waals surface area contributed by atoms with Gasteiger partial charge in [-0.15, -0.1) is 0 Å². The highest BCUT2D eigenvalue weighted by molar-refractivity contribution is 7.89. The Balaban J connectivity index is 1.58. The van der Waals surface area contributed by atoms with E-state index in [0.717, 1.165) is 0 Å². The summed E-state index contributed by atoms with van der Waals surface area (Å²) in [6.07, 6.45) is 0.843. The number of nitro benzene ring substituents is 1. The normalized spacial score (nSPS) is 16.0. The molecule has 9 heteroatoms. The molecular weight excluding hydrogens is 370 g/mol. The zero-order valence-electron chi connectivity index (χ0n) is 14.4. The third kappa shape index (κ3) is 4.32. The highest BCUT2D eigenvalue weighted by Gasteiger charge is 2.32. The molecule has 3 rings (SSSR count). The Morgan fingerprint density at radius 3 is 2.19 bits per heavy atom. The Labute approximate surface area is 157 Å². The molecular formula is C18H19N3O5S. The van der Waals surface area contributed by atoms with Gasteiger partial charge in [0.2, 0.25) is 15.9 Å². The summed E-state index contributed by atoms with van der Waals surface area (Å²) in [6.45, 7) is 0.547. The van der Waals surface area contributed by atoms with Crippen molar-refractivity contribution in [1.82, 2.24) is 4.31 Å². The molecule has 0 aliphatic carbocycles. The Morgan fingerprint density at radius 2 is 1.63 bits per heavy atom. The lowest BCUT2D eigenvalue weighted by Gasteiger charge is -2.30. The van der Waals surface area contributed by atoms with Gasteiger partial charge in [0.05, 0.1) is 9.82 Å². The number of non-ortho nitro benzene ring substituents is 1. The molecule has 0 spiro atoms. The van der Waals surface area contributed by atoms with Crippen LogP contribution in [0.4, 0.5) is 11.4 Å². The monoisotopic (exact) mass is 389 g/mol. The Hall–Kier alpha value is -2.78. The molecule has 2 aromatic rings. The van der Waals surface area contributed by atoms with Crippen LogP contribution in [-0.4, -0.2) is 36.6 Å². The van der Waals surface area contributed by atoms with E-state index in [2.05, 4.69) is 5.32 Å².